The predicted molar refractivity (Wildman–Crippen MR) is 96.7 cm³/mol. The van der Waals surface area contributed by atoms with Gasteiger partial charge in [0.25, 0.3) is 0 Å². The second-order valence-electron chi connectivity index (χ2n) is 8.40. The Morgan fingerprint density at radius 1 is 1.08 bits per heavy atom. The average molecular weight is 359 g/mol. The van der Waals surface area contributed by atoms with Gasteiger partial charge in [0.1, 0.15) is 6.79 Å². The third-order valence-electron chi connectivity index (χ3n) is 6.89. The summed E-state index contributed by atoms with van der Waals surface area (Å²) in [6.07, 6.45) is 8.80. The third-order valence-corrected chi connectivity index (χ3v) is 6.89. The lowest BCUT2D eigenvalue weighted by molar-refractivity contribution is 0.0388. The van der Waals surface area contributed by atoms with Crippen LogP contribution in [0.2, 0.25) is 0 Å². The Hall–Kier alpha value is -1.31. The molecular formula is C19H29N5O2. The highest BCUT2D eigenvalue weighted by Crippen LogP contribution is 2.43. The van der Waals surface area contributed by atoms with Crippen molar-refractivity contribution in [3.8, 4) is 0 Å². The summed E-state index contributed by atoms with van der Waals surface area (Å²) in [5.74, 6) is 3.48. The number of fused-ring (bicyclic) bond motifs is 3. The van der Waals surface area contributed by atoms with Gasteiger partial charge in [-0.05, 0) is 50.4 Å². The van der Waals surface area contributed by atoms with E-state index in [4.69, 9.17) is 20.3 Å². The van der Waals surface area contributed by atoms with E-state index >= 15 is 0 Å². The first kappa shape index (κ1) is 16.8. The lowest BCUT2D eigenvalue weighted by Gasteiger charge is -2.39. The SMILES string of the molecule is CCc1nnc2n1N=C(C1CCC(N)CC1)C1CC3OCOC3CC1C2. The molecule has 1 saturated heterocycles. The minimum Gasteiger partial charge on any atom is -0.349 e. The summed E-state index contributed by atoms with van der Waals surface area (Å²) < 4.78 is 13.7. The van der Waals surface area contributed by atoms with E-state index in [0.29, 0.717) is 30.6 Å². The Morgan fingerprint density at radius 3 is 2.62 bits per heavy atom. The zero-order valence-corrected chi connectivity index (χ0v) is 15.5. The van der Waals surface area contributed by atoms with Gasteiger partial charge in [0, 0.05) is 30.5 Å². The number of aryl methyl sites for hydroxylation is 1. The van der Waals surface area contributed by atoms with Gasteiger partial charge in [0.05, 0.1) is 12.2 Å². The van der Waals surface area contributed by atoms with E-state index in [2.05, 4.69) is 17.1 Å². The number of ether oxygens (including phenoxy) is 2. The van der Waals surface area contributed by atoms with E-state index in [1.54, 1.807) is 0 Å². The fourth-order valence-corrected chi connectivity index (χ4v) is 5.40. The monoisotopic (exact) mass is 359 g/mol. The van der Waals surface area contributed by atoms with Crippen molar-refractivity contribution in [1.29, 1.82) is 0 Å². The van der Waals surface area contributed by atoms with Crippen LogP contribution in [-0.2, 0) is 22.3 Å². The summed E-state index contributed by atoms with van der Waals surface area (Å²) in [5, 5.41) is 14.0. The quantitative estimate of drug-likeness (QED) is 0.871. The van der Waals surface area contributed by atoms with E-state index in [1.165, 1.54) is 5.71 Å². The van der Waals surface area contributed by atoms with Gasteiger partial charge in [0.2, 0.25) is 0 Å². The van der Waals surface area contributed by atoms with Gasteiger partial charge in [-0.1, -0.05) is 6.92 Å². The number of hydrogen-bond acceptors (Lipinski definition) is 6. The van der Waals surface area contributed by atoms with Crippen LogP contribution in [0.3, 0.4) is 0 Å². The van der Waals surface area contributed by atoms with Crippen molar-refractivity contribution in [2.24, 2.45) is 28.6 Å². The van der Waals surface area contributed by atoms with Crippen LogP contribution in [0.15, 0.2) is 5.10 Å². The van der Waals surface area contributed by atoms with Crippen molar-refractivity contribution in [3.63, 3.8) is 0 Å². The van der Waals surface area contributed by atoms with Gasteiger partial charge in [-0.2, -0.15) is 5.10 Å². The molecule has 0 aromatic carbocycles. The summed E-state index contributed by atoms with van der Waals surface area (Å²) in [7, 11) is 0. The summed E-state index contributed by atoms with van der Waals surface area (Å²) in [6.45, 7) is 2.56. The summed E-state index contributed by atoms with van der Waals surface area (Å²) >= 11 is 0. The molecular weight excluding hydrogens is 330 g/mol. The minimum absolute atomic E-state index is 0.224. The molecule has 0 bridgehead atoms. The highest BCUT2D eigenvalue weighted by molar-refractivity contribution is 5.89. The topological polar surface area (TPSA) is 87.6 Å². The Balaban J connectivity index is 1.53. The zero-order valence-electron chi connectivity index (χ0n) is 15.5. The maximum Gasteiger partial charge on any atom is 0.154 e. The molecule has 26 heavy (non-hydrogen) atoms. The van der Waals surface area contributed by atoms with Crippen LogP contribution >= 0.6 is 0 Å². The Kier molecular flexibility index (Phi) is 4.33. The van der Waals surface area contributed by atoms with Crippen molar-refractivity contribution < 1.29 is 9.47 Å². The molecule has 7 nitrogen and oxygen atoms in total. The Labute approximate surface area is 154 Å². The van der Waals surface area contributed by atoms with Crippen LogP contribution in [0.25, 0.3) is 0 Å². The van der Waals surface area contributed by atoms with E-state index < -0.39 is 0 Å². The van der Waals surface area contributed by atoms with Gasteiger partial charge in [-0.15, -0.1) is 10.2 Å². The molecule has 5 rings (SSSR count). The second kappa shape index (κ2) is 6.69. The van der Waals surface area contributed by atoms with Crippen molar-refractivity contribution in [2.75, 3.05) is 6.79 Å². The Morgan fingerprint density at radius 2 is 1.85 bits per heavy atom. The van der Waals surface area contributed by atoms with Gasteiger partial charge in [-0.25, -0.2) is 4.68 Å². The van der Waals surface area contributed by atoms with Crippen molar-refractivity contribution in [1.82, 2.24) is 14.9 Å². The molecule has 2 aliphatic carbocycles. The standard InChI is InChI=1S/C19H29N5O2/c1-2-17-21-22-18-8-12-7-15-16(26-10-25-15)9-14(12)19(23-24(17)18)11-3-5-13(20)6-4-11/h11-16H,2-10,20H2,1H3. The molecule has 0 spiro atoms. The van der Waals surface area contributed by atoms with E-state index in [1.807, 2.05) is 4.68 Å². The summed E-state index contributed by atoms with van der Waals surface area (Å²) in [4.78, 5) is 0. The van der Waals surface area contributed by atoms with Crippen LogP contribution < -0.4 is 5.73 Å². The normalized spacial score (nSPS) is 39.5. The molecule has 3 fully saturated rings. The maximum absolute atomic E-state index is 6.16. The predicted octanol–water partition coefficient (Wildman–Crippen LogP) is 1.89. The smallest absolute Gasteiger partial charge is 0.154 e. The highest BCUT2D eigenvalue weighted by atomic mass is 16.7. The van der Waals surface area contributed by atoms with Gasteiger partial charge >= 0.3 is 0 Å². The van der Waals surface area contributed by atoms with Crippen LogP contribution in [0.1, 0.15) is 57.1 Å². The highest BCUT2D eigenvalue weighted by Gasteiger charge is 2.46. The lowest BCUT2D eigenvalue weighted by Crippen LogP contribution is -2.43. The number of nitrogens with two attached hydrogens (primary N) is 1. The van der Waals surface area contributed by atoms with Gasteiger partial charge in [0.15, 0.2) is 11.6 Å². The number of nitrogens with zero attached hydrogens (tertiary/aromatic N) is 4. The van der Waals surface area contributed by atoms with E-state index in [-0.39, 0.29) is 12.2 Å². The van der Waals surface area contributed by atoms with Crippen molar-refractivity contribution in [2.45, 2.75) is 76.5 Å². The molecule has 2 aliphatic heterocycles. The van der Waals surface area contributed by atoms with Gasteiger partial charge < -0.3 is 15.2 Å². The first-order valence-electron chi connectivity index (χ1n) is 10.2. The number of aromatic nitrogens is 3. The summed E-state index contributed by atoms with van der Waals surface area (Å²) in [5.41, 5.74) is 7.51. The Bertz CT molecular complexity index is 694. The zero-order chi connectivity index (χ0) is 17.7. The first-order chi connectivity index (χ1) is 12.7. The molecule has 4 aliphatic rings. The molecule has 142 valence electrons. The molecule has 7 heteroatoms. The second-order valence-corrected chi connectivity index (χ2v) is 8.40. The van der Waals surface area contributed by atoms with Gasteiger partial charge in [-0.3, -0.25) is 0 Å². The molecule has 3 heterocycles. The third kappa shape index (κ3) is 2.80. The first-order valence-corrected chi connectivity index (χ1v) is 10.2. The van der Waals surface area contributed by atoms with E-state index in [9.17, 15) is 0 Å². The van der Waals surface area contributed by atoms with Crippen molar-refractivity contribution in [3.05, 3.63) is 11.6 Å². The average Bonchev–Trinajstić information content (AvgIpc) is 3.23. The molecule has 1 aromatic heterocycles. The molecule has 0 radical (unpaired) electrons. The maximum atomic E-state index is 6.16. The molecule has 2 saturated carbocycles. The van der Waals surface area contributed by atoms with Crippen LogP contribution in [0, 0.1) is 17.8 Å². The molecule has 2 N–H and O–H groups in total. The minimum atomic E-state index is 0.224. The number of hydrogen-bond donors (Lipinski definition) is 1. The van der Waals surface area contributed by atoms with Crippen LogP contribution in [0.4, 0.5) is 0 Å². The largest absolute Gasteiger partial charge is 0.349 e. The lowest BCUT2D eigenvalue weighted by atomic mass is 9.68. The van der Waals surface area contributed by atoms with Crippen LogP contribution in [0.5, 0.6) is 0 Å². The fourth-order valence-electron chi connectivity index (χ4n) is 5.40. The summed E-state index contributed by atoms with van der Waals surface area (Å²) in [6, 6.07) is 0.354. The molecule has 0 amide bonds. The molecule has 4 unspecified atom stereocenters. The molecule has 1 aromatic rings. The van der Waals surface area contributed by atoms with Crippen LogP contribution in [-0.4, -0.2) is 45.6 Å². The fraction of sp³-hybridized carbons (Fsp3) is 0.842. The van der Waals surface area contributed by atoms with E-state index in [0.717, 1.165) is 63.0 Å². The van der Waals surface area contributed by atoms with Crippen molar-refractivity contribution >= 4 is 5.71 Å². The molecule has 4 atom stereocenters. The number of rotatable bonds is 2.